The molecule has 0 radical (unpaired) electrons. The maximum absolute atomic E-state index is 12.5. The lowest BCUT2D eigenvalue weighted by Crippen LogP contribution is -2.53. The molecule has 3 unspecified atom stereocenters. The van der Waals surface area contributed by atoms with Gasteiger partial charge in [-0.15, -0.1) is 0 Å². The summed E-state index contributed by atoms with van der Waals surface area (Å²) in [6, 6.07) is 3.46. The molecule has 0 aromatic heterocycles. The lowest BCUT2D eigenvalue weighted by atomic mass is 10.0. The van der Waals surface area contributed by atoms with Crippen LogP contribution in [-0.2, 0) is 9.59 Å². The molecule has 1 aliphatic rings. The number of hydrogen-bond donors (Lipinski definition) is 4. The molecule has 1 aromatic rings. The van der Waals surface area contributed by atoms with E-state index in [2.05, 4.69) is 10.6 Å². The normalized spacial score (nSPS) is 15.8. The summed E-state index contributed by atoms with van der Waals surface area (Å²) < 4.78 is 10.5. The minimum absolute atomic E-state index is 0.0412. The molecule has 9 heteroatoms. The van der Waals surface area contributed by atoms with Crippen LogP contribution in [0.4, 0.5) is 0 Å². The second-order valence-electron chi connectivity index (χ2n) is 6.09. The Hall–Kier alpha value is -2.65. The largest absolute Gasteiger partial charge is 0.481 e. The number of amides is 1. The van der Waals surface area contributed by atoms with Crippen molar-refractivity contribution >= 4 is 17.7 Å². The predicted molar refractivity (Wildman–Crippen MR) is 91.9 cm³/mol. The SMILES string of the molecule is CC(NC(=O)C(N)CCC(=O)O)NC(C)C(=O)c1ccc2c(c1)OCO2. The fourth-order valence-corrected chi connectivity index (χ4v) is 2.52. The molecule has 1 amide bonds. The van der Waals surface area contributed by atoms with Crippen molar-refractivity contribution in [2.75, 3.05) is 6.79 Å². The number of rotatable bonds is 9. The zero-order valence-electron chi connectivity index (χ0n) is 14.7. The highest BCUT2D eigenvalue weighted by Gasteiger charge is 2.22. The summed E-state index contributed by atoms with van der Waals surface area (Å²) in [7, 11) is 0. The van der Waals surface area contributed by atoms with Crippen molar-refractivity contribution in [3.05, 3.63) is 23.8 Å². The van der Waals surface area contributed by atoms with Crippen molar-refractivity contribution in [3.8, 4) is 11.5 Å². The molecule has 1 heterocycles. The standard InChI is InChI=1S/C17H23N3O6/c1-9(16(23)11-3-5-13-14(7-11)26-8-25-13)19-10(2)20-17(24)12(18)4-6-15(21)22/h3,5,7,9-10,12,19H,4,6,8,18H2,1-2H3,(H,20,24)(H,21,22). The number of nitrogens with two attached hydrogens (primary N) is 1. The lowest BCUT2D eigenvalue weighted by molar-refractivity contribution is -0.137. The zero-order valence-corrected chi connectivity index (χ0v) is 14.7. The lowest BCUT2D eigenvalue weighted by Gasteiger charge is -2.22. The Morgan fingerprint density at radius 1 is 1.23 bits per heavy atom. The summed E-state index contributed by atoms with van der Waals surface area (Å²) in [4.78, 5) is 35.0. The highest BCUT2D eigenvalue weighted by atomic mass is 16.7. The summed E-state index contributed by atoms with van der Waals surface area (Å²) in [6.07, 6.45) is -0.666. The first-order valence-electron chi connectivity index (χ1n) is 8.25. The van der Waals surface area contributed by atoms with Crippen LogP contribution in [0.2, 0.25) is 0 Å². The van der Waals surface area contributed by atoms with Gasteiger partial charge in [0, 0.05) is 12.0 Å². The number of aliphatic carboxylic acids is 1. The number of carbonyl (C=O) groups excluding carboxylic acids is 2. The second-order valence-corrected chi connectivity index (χ2v) is 6.09. The van der Waals surface area contributed by atoms with Gasteiger partial charge in [-0.1, -0.05) is 0 Å². The fraction of sp³-hybridized carbons (Fsp3) is 0.471. The second kappa shape index (κ2) is 8.63. The van der Waals surface area contributed by atoms with Gasteiger partial charge >= 0.3 is 5.97 Å². The molecule has 142 valence electrons. The van der Waals surface area contributed by atoms with Gasteiger partial charge in [-0.3, -0.25) is 19.7 Å². The van der Waals surface area contributed by atoms with Gasteiger partial charge in [0.25, 0.3) is 0 Å². The van der Waals surface area contributed by atoms with Crippen molar-refractivity contribution in [3.63, 3.8) is 0 Å². The quantitative estimate of drug-likeness (QED) is 0.360. The summed E-state index contributed by atoms with van der Waals surface area (Å²) in [5.74, 6) is -0.539. The first kappa shape index (κ1) is 19.7. The van der Waals surface area contributed by atoms with E-state index in [0.29, 0.717) is 17.1 Å². The van der Waals surface area contributed by atoms with E-state index >= 15 is 0 Å². The third kappa shape index (κ3) is 5.17. The van der Waals surface area contributed by atoms with E-state index < -0.39 is 30.1 Å². The summed E-state index contributed by atoms with van der Waals surface area (Å²) >= 11 is 0. The number of carboxylic acids is 1. The van der Waals surface area contributed by atoms with E-state index in [1.165, 1.54) is 0 Å². The minimum Gasteiger partial charge on any atom is -0.481 e. The summed E-state index contributed by atoms with van der Waals surface area (Å²) in [5.41, 5.74) is 6.12. The molecular formula is C17H23N3O6. The maximum atomic E-state index is 12.5. The van der Waals surface area contributed by atoms with Gasteiger partial charge < -0.3 is 25.6 Å². The van der Waals surface area contributed by atoms with Crippen LogP contribution in [-0.4, -0.2) is 47.8 Å². The number of fused-ring (bicyclic) bond motifs is 1. The predicted octanol–water partition coefficient (Wildman–Crippen LogP) is 0.230. The molecule has 9 nitrogen and oxygen atoms in total. The molecule has 2 rings (SSSR count). The first-order chi connectivity index (χ1) is 12.3. The van der Waals surface area contributed by atoms with Crippen LogP contribution < -0.4 is 25.8 Å². The topological polar surface area (TPSA) is 140 Å². The summed E-state index contributed by atoms with van der Waals surface area (Å²) in [5, 5.41) is 14.2. The average Bonchev–Trinajstić information content (AvgIpc) is 3.06. The van der Waals surface area contributed by atoms with Gasteiger partial charge in [-0.05, 0) is 38.5 Å². The van der Waals surface area contributed by atoms with Crippen molar-refractivity contribution in [2.24, 2.45) is 5.73 Å². The van der Waals surface area contributed by atoms with E-state index in [1.807, 2.05) is 0 Å². The Kier molecular flexibility index (Phi) is 6.53. The monoisotopic (exact) mass is 365 g/mol. The smallest absolute Gasteiger partial charge is 0.303 e. The van der Waals surface area contributed by atoms with Crippen LogP contribution in [0.3, 0.4) is 0 Å². The molecule has 1 aromatic carbocycles. The number of ketones is 1. The van der Waals surface area contributed by atoms with E-state index in [0.717, 1.165) is 0 Å². The van der Waals surface area contributed by atoms with Crippen LogP contribution in [0.15, 0.2) is 18.2 Å². The van der Waals surface area contributed by atoms with Crippen molar-refractivity contribution < 1.29 is 29.0 Å². The van der Waals surface area contributed by atoms with Crippen molar-refractivity contribution in [2.45, 2.75) is 44.9 Å². The Balaban J connectivity index is 1.86. The highest BCUT2D eigenvalue weighted by Crippen LogP contribution is 2.32. The molecule has 0 saturated carbocycles. The number of benzene rings is 1. The van der Waals surface area contributed by atoms with Gasteiger partial charge in [-0.2, -0.15) is 0 Å². The molecule has 5 N–H and O–H groups in total. The number of ether oxygens (including phenoxy) is 2. The van der Waals surface area contributed by atoms with E-state index in [4.69, 9.17) is 20.3 Å². The van der Waals surface area contributed by atoms with Gasteiger partial charge in [0.05, 0.1) is 18.2 Å². The van der Waals surface area contributed by atoms with Gasteiger partial charge in [0.15, 0.2) is 17.3 Å². The van der Waals surface area contributed by atoms with Crippen LogP contribution in [0.25, 0.3) is 0 Å². The van der Waals surface area contributed by atoms with Crippen molar-refractivity contribution in [1.29, 1.82) is 0 Å². The van der Waals surface area contributed by atoms with Crippen molar-refractivity contribution in [1.82, 2.24) is 10.6 Å². The number of Topliss-reactive ketones (excluding diaryl/α,β-unsaturated/α-hetero) is 1. The third-order valence-electron chi connectivity index (χ3n) is 3.92. The molecule has 3 atom stereocenters. The van der Waals surface area contributed by atoms with Gasteiger partial charge in [-0.25, -0.2) is 0 Å². The van der Waals surface area contributed by atoms with Crippen LogP contribution in [0, 0.1) is 0 Å². The molecule has 26 heavy (non-hydrogen) atoms. The highest BCUT2D eigenvalue weighted by molar-refractivity contribution is 6.00. The third-order valence-corrected chi connectivity index (χ3v) is 3.92. The molecule has 0 fully saturated rings. The molecule has 0 saturated heterocycles. The number of hydrogen-bond acceptors (Lipinski definition) is 7. The molecule has 1 aliphatic heterocycles. The zero-order chi connectivity index (χ0) is 19.3. The Morgan fingerprint density at radius 3 is 2.62 bits per heavy atom. The van der Waals surface area contributed by atoms with Crippen LogP contribution >= 0.6 is 0 Å². The summed E-state index contributed by atoms with van der Waals surface area (Å²) in [6.45, 7) is 3.48. The number of carboxylic acid groups (broad SMARTS) is 1. The average molecular weight is 365 g/mol. The Labute approximate surface area is 150 Å². The minimum atomic E-state index is -1.01. The van der Waals surface area contributed by atoms with E-state index in [1.54, 1.807) is 32.0 Å². The van der Waals surface area contributed by atoms with E-state index in [-0.39, 0.29) is 25.4 Å². The first-order valence-corrected chi connectivity index (χ1v) is 8.25. The maximum Gasteiger partial charge on any atom is 0.303 e. The van der Waals surface area contributed by atoms with E-state index in [9.17, 15) is 14.4 Å². The Morgan fingerprint density at radius 2 is 1.92 bits per heavy atom. The van der Waals surface area contributed by atoms with Crippen LogP contribution in [0.1, 0.15) is 37.0 Å². The number of carbonyl (C=O) groups is 3. The van der Waals surface area contributed by atoms with Gasteiger partial charge in [0.1, 0.15) is 0 Å². The molecular weight excluding hydrogens is 342 g/mol. The van der Waals surface area contributed by atoms with Crippen LogP contribution in [0.5, 0.6) is 11.5 Å². The molecule has 0 aliphatic carbocycles. The molecule has 0 bridgehead atoms. The fourth-order valence-electron chi connectivity index (χ4n) is 2.52. The van der Waals surface area contributed by atoms with Gasteiger partial charge in [0.2, 0.25) is 12.7 Å². The number of nitrogens with one attached hydrogen (secondary N) is 2. The molecule has 0 spiro atoms. The Bertz CT molecular complexity index is 693.